The number of hydrogen-bond donors (Lipinski definition) is 1. The first-order chi connectivity index (χ1) is 21.5. The summed E-state index contributed by atoms with van der Waals surface area (Å²) in [7, 11) is 4.52. The molecule has 1 unspecified atom stereocenters. The van der Waals surface area contributed by atoms with E-state index in [0.717, 1.165) is 30.6 Å². The molecule has 0 aromatic rings. The molecule has 0 heterocycles. The fraction of sp³-hybridized carbons (Fsp3) is 0.951. The first kappa shape index (κ1) is 43.6. The topological polar surface area (TPSA) is 29.5 Å². The second-order valence-electron chi connectivity index (χ2n) is 14.8. The van der Waals surface area contributed by atoms with Crippen LogP contribution in [-0.2, 0) is 4.74 Å². The minimum atomic E-state index is -0.347. The van der Waals surface area contributed by atoms with E-state index >= 15 is 0 Å². The number of unbranched alkanes of at least 4 members (excludes halogenated alkanes) is 27. The molecule has 3 heteroatoms. The van der Waals surface area contributed by atoms with Gasteiger partial charge in [-0.2, -0.15) is 0 Å². The quantitative estimate of drug-likeness (QED) is 0.0424. The van der Waals surface area contributed by atoms with Gasteiger partial charge < -0.3 is 14.3 Å². The molecule has 0 saturated carbocycles. The van der Waals surface area contributed by atoms with E-state index in [-0.39, 0.29) is 6.10 Å². The first-order valence-corrected chi connectivity index (χ1v) is 20.2. The molecular weight excluding hydrogens is 538 g/mol. The lowest BCUT2D eigenvalue weighted by Gasteiger charge is -2.32. The Morgan fingerprint density at radius 3 is 1.23 bits per heavy atom. The van der Waals surface area contributed by atoms with Crippen LogP contribution in [0, 0.1) is 0 Å². The van der Waals surface area contributed by atoms with E-state index in [4.69, 9.17) is 4.74 Å². The smallest absolute Gasteiger partial charge is 0.126 e. The third-order valence-electron chi connectivity index (χ3n) is 9.43. The van der Waals surface area contributed by atoms with E-state index in [1.807, 2.05) is 0 Å². The molecule has 0 bridgehead atoms. The molecule has 0 amide bonds. The fourth-order valence-corrected chi connectivity index (χ4v) is 6.47. The lowest BCUT2D eigenvalue weighted by Crippen LogP contribution is -2.47. The maximum absolute atomic E-state index is 10.5. The second-order valence-corrected chi connectivity index (χ2v) is 14.8. The van der Waals surface area contributed by atoms with Gasteiger partial charge in [0.1, 0.15) is 12.6 Å². The first-order valence-electron chi connectivity index (χ1n) is 20.2. The molecule has 44 heavy (non-hydrogen) atoms. The van der Waals surface area contributed by atoms with Crippen molar-refractivity contribution in [2.45, 2.75) is 213 Å². The molecule has 1 N–H and O–H groups in total. The number of ether oxygens (including phenoxy) is 1. The molecule has 0 aromatic carbocycles. The van der Waals surface area contributed by atoms with Crippen LogP contribution >= 0.6 is 0 Å². The molecule has 0 aliphatic carbocycles. The van der Waals surface area contributed by atoms with Crippen LogP contribution in [0.1, 0.15) is 206 Å². The van der Waals surface area contributed by atoms with E-state index in [0.29, 0.717) is 6.61 Å². The standard InChI is InChI=1S/C41H84NO2/c1-5-7-9-11-13-15-17-19-21-23-25-27-29-31-33-35-37-42(3,4)39-41(43)40-44-38-36-34-32-30-28-26-24-22-20-18-16-14-12-10-8-6-2/h19,21,41,43H,5-18,20,22-40H2,1-4H3/q+1/b21-19-. The number of rotatable bonds is 37. The molecule has 3 nitrogen and oxygen atoms in total. The van der Waals surface area contributed by atoms with Crippen molar-refractivity contribution >= 4 is 0 Å². The number of allylic oxidation sites excluding steroid dienone is 2. The number of quaternary nitrogens is 1. The summed E-state index contributed by atoms with van der Waals surface area (Å²) in [6.45, 7) is 7.83. The van der Waals surface area contributed by atoms with Crippen LogP contribution in [0.25, 0.3) is 0 Å². The largest absolute Gasteiger partial charge is 0.385 e. The number of likely N-dealkylation sites (N-methyl/N-ethyl adjacent to an activating group) is 1. The molecule has 0 aliphatic heterocycles. The maximum atomic E-state index is 10.5. The molecule has 0 radical (unpaired) electrons. The highest BCUT2D eigenvalue weighted by Gasteiger charge is 2.20. The van der Waals surface area contributed by atoms with Crippen LogP contribution in [0.2, 0.25) is 0 Å². The highest BCUT2D eigenvalue weighted by molar-refractivity contribution is 4.81. The summed E-state index contributed by atoms with van der Waals surface area (Å²) < 4.78 is 6.73. The zero-order chi connectivity index (χ0) is 32.2. The number of hydrogen-bond acceptors (Lipinski definition) is 2. The Morgan fingerprint density at radius 2 is 0.818 bits per heavy atom. The zero-order valence-corrected chi connectivity index (χ0v) is 31.1. The minimum absolute atomic E-state index is 0.347. The van der Waals surface area contributed by atoms with Gasteiger partial charge >= 0.3 is 0 Å². The van der Waals surface area contributed by atoms with Crippen molar-refractivity contribution < 1.29 is 14.3 Å². The summed E-state index contributed by atoms with van der Waals surface area (Å²) in [6.07, 6.45) is 45.8. The van der Waals surface area contributed by atoms with E-state index in [2.05, 4.69) is 40.1 Å². The van der Waals surface area contributed by atoms with Gasteiger partial charge in [-0.05, 0) is 44.9 Å². The molecule has 0 spiro atoms. The molecule has 264 valence electrons. The molecule has 0 aromatic heterocycles. The normalized spacial score (nSPS) is 12.9. The summed E-state index contributed by atoms with van der Waals surface area (Å²) in [5.41, 5.74) is 0. The zero-order valence-electron chi connectivity index (χ0n) is 31.1. The summed E-state index contributed by atoms with van der Waals surface area (Å²) in [5.74, 6) is 0. The second kappa shape index (κ2) is 35.5. The highest BCUT2D eigenvalue weighted by Crippen LogP contribution is 2.15. The van der Waals surface area contributed by atoms with Crippen LogP contribution in [0.5, 0.6) is 0 Å². The molecule has 0 rings (SSSR count). The Kier molecular flexibility index (Phi) is 35.2. The molecular formula is C41H84NO2+. The van der Waals surface area contributed by atoms with E-state index in [1.54, 1.807) is 0 Å². The number of nitrogens with zero attached hydrogens (tertiary/aromatic N) is 1. The molecule has 0 fully saturated rings. The average Bonchev–Trinajstić information content (AvgIpc) is 3.00. The van der Waals surface area contributed by atoms with Crippen molar-refractivity contribution in [3.63, 3.8) is 0 Å². The van der Waals surface area contributed by atoms with Gasteiger partial charge in [0.05, 0.1) is 27.2 Å². The van der Waals surface area contributed by atoms with Crippen LogP contribution in [-0.4, -0.2) is 56.1 Å². The third kappa shape index (κ3) is 36.1. The van der Waals surface area contributed by atoms with Crippen LogP contribution in [0.15, 0.2) is 12.2 Å². The van der Waals surface area contributed by atoms with E-state index < -0.39 is 0 Å². The number of aliphatic hydroxyl groups is 1. The summed E-state index contributed by atoms with van der Waals surface area (Å²) in [5, 5.41) is 10.5. The van der Waals surface area contributed by atoms with Crippen molar-refractivity contribution in [1.82, 2.24) is 0 Å². The predicted molar refractivity (Wildman–Crippen MR) is 198 cm³/mol. The van der Waals surface area contributed by atoms with Crippen LogP contribution in [0.4, 0.5) is 0 Å². The van der Waals surface area contributed by atoms with Gasteiger partial charge in [-0.25, -0.2) is 0 Å². The van der Waals surface area contributed by atoms with Gasteiger partial charge in [0, 0.05) is 6.61 Å². The van der Waals surface area contributed by atoms with Crippen molar-refractivity contribution in [3.05, 3.63) is 12.2 Å². The van der Waals surface area contributed by atoms with E-state index in [9.17, 15) is 5.11 Å². The summed E-state index contributed by atoms with van der Waals surface area (Å²) in [4.78, 5) is 0. The Bertz CT molecular complexity index is 561. The summed E-state index contributed by atoms with van der Waals surface area (Å²) >= 11 is 0. The van der Waals surface area contributed by atoms with Gasteiger partial charge in [-0.15, -0.1) is 0 Å². The lowest BCUT2D eigenvalue weighted by molar-refractivity contribution is -0.893. The van der Waals surface area contributed by atoms with Gasteiger partial charge in [0.2, 0.25) is 0 Å². The highest BCUT2D eigenvalue weighted by atomic mass is 16.5. The SMILES string of the molecule is CCCCCCCC/C=C\CCCCCCCC[N+](C)(C)CC(O)COCCCCCCCCCCCCCCCCCC. The van der Waals surface area contributed by atoms with Crippen molar-refractivity contribution in [1.29, 1.82) is 0 Å². The molecule has 1 atom stereocenters. The Hall–Kier alpha value is -0.380. The Balaban J connectivity index is 3.41. The third-order valence-corrected chi connectivity index (χ3v) is 9.43. The minimum Gasteiger partial charge on any atom is -0.385 e. The molecule has 0 aliphatic rings. The van der Waals surface area contributed by atoms with Crippen molar-refractivity contribution in [2.75, 3.05) is 40.4 Å². The monoisotopic (exact) mass is 623 g/mol. The van der Waals surface area contributed by atoms with Gasteiger partial charge in [0.25, 0.3) is 0 Å². The van der Waals surface area contributed by atoms with Crippen molar-refractivity contribution in [2.24, 2.45) is 0 Å². The summed E-state index contributed by atoms with van der Waals surface area (Å²) in [6, 6.07) is 0. The van der Waals surface area contributed by atoms with Crippen molar-refractivity contribution in [3.8, 4) is 0 Å². The number of aliphatic hydroxyl groups excluding tert-OH is 1. The van der Waals surface area contributed by atoms with E-state index in [1.165, 1.54) is 186 Å². The maximum Gasteiger partial charge on any atom is 0.126 e. The predicted octanol–water partition coefficient (Wildman–Crippen LogP) is 12.7. The molecule has 0 saturated heterocycles. The fourth-order valence-electron chi connectivity index (χ4n) is 6.47. The Labute approximate surface area is 279 Å². The van der Waals surface area contributed by atoms with Crippen LogP contribution in [0.3, 0.4) is 0 Å². The lowest BCUT2D eigenvalue weighted by atomic mass is 10.0. The van der Waals surface area contributed by atoms with Crippen LogP contribution < -0.4 is 0 Å². The average molecular weight is 623 g/mol. The van der Waals surface area contributed by atoms with Gasteiger partial charge in [-0.1, -0.05) is 174 Å². The van der Waals surface area contributed by atoms with Gasteiger partial charge in [-0.3, -0.25) is 0 Å². The van der Waals surface area contributed by atoms with Gasteiger partial charge in [0.15, 0.2) is 0 Å². The Morgan fingerprint density at radius 1 is 0.477 bits per heavy atom.